The van der Waals surface area contributed by atoms with E-state index in [4.69, 9.17) is 5.73 Å². The van der Waals surface area contributed by atoms with E-state index >= 15 is 0 Å². The minimum atomic E-state index is -0.928. The van der Waals surface area contributed by atoms with Crippen molar-refractivity contribution in [3.05, 3.63) is 36.2 Å². The average molecular weight is 319 g/mol. The predicted octanol–water partition coefficient (Wildman–Crippen LogP) is 3.83. The molecular weight excluding hydrogens is 300 g/mol. The van der Waals surface area contributed by atoms with E-state index < -0.39 is 11.6 Å². The van der Waals surface area contributed by atoms with Crippen molar-refractivity contribution >= 4 is 23.0 Å². The molecule has 1 aliphatic carbocycles. The maximum absolute atomic E-state index is 13.3. The van der Waals surface area contributed by atoms with Crippen molar-refractivity contribution in [2.24, 2.45) is 0 Å². The fourth-order valence-corrected chi connectivity index (χ4v) is 2.76. The Bertz CT molecular complexity index is 686. The first-order valence-electron chi connectivity index (χ1n) is 7.72. The molecule has 23 heavy (non-hydrogen) atoms. The number of nitrogen functional groups attached to an aromatic ring is 1. The molecule has 1 heterocycles. The van der Waals surface area contributed by atoms with Gasteiger partial charge in [-0.2, -0.15) is 0 Å². The van der Waals surface area contributed by atoms with Gasteiger partial charge in [0, 0.05) is 17.8 Å². The molecule has 1 saturated carbocycles. The maximum atomic E-state index is 13.3. The molecule has 0 spiro atoms. The lowest BCUT2D eigenvalue weighted by Crippen LogP contribution is -2.23. The Morgan fingerprint density at radius 3 is 2.48 bits per heavy atom. The van der Waals surface area contributed by atoms with Crippen molar-refractivity contribution in [2.75, 3.05) is 16.4 Å². The Labute approximate surface area is 133 Å². The number of nitrogens with one attached hydrogen (secondary N) is 2. The summed E-state index contributed by atoms with van der Waals surface area (Å²) in [5, 5.41) is 6.24. The van der Waals surface area contributed by atoms with Crippen LogP contribution in [0.25, 0.3) is 0 Å². The van der Waals surface area contributed by atoms with E-state index in [1.165, 1.54) is 31.7 Å². The van der Waals surface area contributed by atoms with Crippen LogP contribution in [0, 0.1) is 11.6 Å². The molecule has 0 radical (unpaired) electrons. The lowest BCUT2D eigenvalue weighted by Gasteiger charge is -2.24. The molecule has 0 atom stereocenters. The Balaban J connectivity index is 1.77. The number of hydrogen-bond donors (Lipinski definition) is 3. The van der Waals surface area contributed by atoms with E-state index in [2.05, 4.69) is 20.6 Å². The number of halogens is 2. The summed E-state index contributed by atoms with van der Waals surface area (Å²) in [6.07, 6.45) is 7.24. The number of aromatic nitrogens is 2. The zero-order valence-electron chi connectivity index (χ0n) is 12.6. The molecule has 7 heteroatoms. The predicted molar refractivity (Wildman–Crippen MR) is 86.6 cm³/mol. The second-order valence-electron chi connectivity index (χ2n) is 5.72. The van der Waals surface area contributed by atoms with Crippen LogP contribution in [-0.4, -0.2) is 16.0 Å². The van der Waals surface area contributed by atoms with Crippen molar-refractivity contribution in [1.82, 2.24) is 9.97 Å². The standard InChI is InChI=1S/C16H19F2N5/c17-12-7-6-11(8-13(12)18)23-16-14(19)15(20-9-21-16)22-10-4-2-1-3-5-10/h6-10H,1-5,19H2,(H2,20,21,22,23). The highest BCUT2D eigenvalue weighted by Gasteiger charge is 2.16. The Morgan fingerprint density at radius 2 is 1.74 bits per heavy atom. The Kier molecular flexibility index (Phi) is 4.55. The summed E-state index contributed by atoms with van der Waals surface area (Å²) < 4.78 is 26.3. The van der Waals surface area contributed by atoms with Crippen LogP contribution < -0.4 is 16.4 Å². The molecule has 1 aliphatic rings. The minimum Gasteiger partial charge on any atom is -0.393 e. The molecule has 3 rings (SSSR count). The summed E-state index contributed by atoms with van der Waals surface area (Å²) >= 11 is 0. The van der Waals surface area contributed by atoms with E-state index in [0.29, 0.717) is 29.1 Å². The van der Waals surface area contributed by atoms with Crippen LogP contribution in [0.3, 0.4) is 0 Å². The van der Waals surface area contributed by atoms with Crippen LogP contribution in [0.2, 0.25) is 0 Å². The van der Waals surface area contributed by atoms with E-state index in [1.807, 2.05) is 0 Å². The summed E-state index contributed by atoms with van der Waals surface area (Å²) in [5.41, 5.74) is 6.84. The van der Waals surface area contributed by atoms with E-state index in [0.717, 1.165) is 25.0 Å². The topological polar surface area (TPSA) is 75.9 Å². The number of anilines is 4. The number of rotatable bonds is 4. The maximum Gasteiger partial charge on any atom is 0.160 e. The zero-order valence-corrected chi connectivity index (χ0v) is 12.6. The lowest BCUT2D eigenvalue weighted by atomic mass is 9.95. The smallest absolute Gasteiger partial charge is 0.160 e. The third-order valence-electron chi connectivity index (χ3n) is 4.01. The quantitative estimate of drug-likeness (QED) is 0.798. The molecule has 0 amide bonds. The van der Waals surface area contributed by atoms with Crippen LogP contribution in [-0.2, 0) is 0 Å². The van der Waals surface area contributed by atoms with Gasteiger partial charge >= 0.3 is 0 Å². The summed E-state index contributed by atoms with van der Waals surface area (Å²) in [6.45, 7) is 0. The van der Waals surface area contributed by atoms with Crippen molar-refractivity contribution in [1.29, 1.82) is 0 Å². The van der Waals surface area contributed by atoms with E-state index in [9.17, 15) is 8.78 Å². The van der Waals surface area contributed by atoms with Gasteiger partial charge in [0.1, 0.15) is 12.0 Å². The molecule has 1 aromatic carbocycles. The van der Waals surface area contributed by atoms with Crippen LogP contribution >= 0.6 is 0 Å². The van der Waals surface area contributed by atoms with Gasteiger partial charge in [-0.1, -0.05) is 19.3 Å². The first-order chi connectivity index (χ1) is 11.1. The van der Waals surface area contributed by atoms with Gasteiger partial charge in [0.15, 0.2) is 23.3 Å². The first kappa shape index (κ1) is 15.5. The molecule has 4 N–H and O–H groups in total. The van der Waals surface area contributed by atoms with Crippen molar-refractivity contribution < 1.29 is 8.78 Å². The summed E-state index contributed by atoms with van der Waals surface area (Å²) in [7, 11) is 0. The largest absolute Gasteiger partial charge is 0.393 e. The van der Waals surface area contributed by atoms with Crippen LogP contribution in [0.5, 0.6) is 0 Å². The van der Waals surface area contributed by atoms with Crippen molar-refractivity contribution in [3.8, 4) is 0 Å². The number of benzene rings is 1. The number of nitrogens with zero attached hydrogens (tertiary/aromatic N) is 2. The van der Waals surface area contributed by atoms with Crippen molar-refractivity contribution in [3.63, 3.8) is 0 Å². The van der Waals surface area contributed by atoms with Gasteiger partial charge in [-0.25, -0.2) is 18.7 Å². The SMILES string of the molecule is Nc1c(Nc2ccc(F)c(F)c2)ncnc1NC1CCCCC1. The molecule has 0 unspecified atom stereocenters. The van der Waals surface area contributed by atoms with Gasteiger partial charge in [-0.05, 0) is 25.0 Å². The number of nitrogens with two attached hydrogens (primary N) is 1. The Hall–Kier alpha value is -2.44. The molecule has 0 saturated heterocycles. The summed E-state index contributed by atoms with van der Waals surface area (Å²) in [4.78, 5) is 8.26. The van der Waals surface area contributed by atoms with E-state index in [1.54, 1.807) is 0 Å². The molecule has 0 aliphatic heterocycles. The molecule has 122 valence electrons. The molecule has 1 aromatic heterocycles. The second kappa shape index (κ2) is 6.76. The van der Waals surface area contributed by atoms with Gasteiger partial charge < -0.3 is 16.4 Å². The average Bonchev–Trinajstić information content (AvgIpc) is 2.56. The normalized spacial score (nSPS) is 15.4. The third-order valence-corrected chi connectivity index (χ3v) is 4.01. The third kappa shape index (κ3) is 3.67. The molecule has 2 aromatic rings. The van der Waals surface area contributed by atoms with Gasteiger partial charge in [0.05, 0.1) is 0 Å². The van der Waals surface area contributed by atoms with Crippen LogP contribution in [0.15, 0.2) is 24.5 Å². The molecular formula is C16H19F2N5. The monoisotopic (exact) mass is 319 g/mol. The van der Waals surface area contributed by atoms with Gasteiger partial charge in [0.2, 0.25) is 0 Å². The van der Waals surface area contributed by atoms with E-state index in [-0.39, 0.29) is 0 Å². The summed E-state index contributed by atoms with van der Waals surface area (Å²) in [5.74, 6) is -0.893. The highest BCUT2D eigenvalue weighted by Crippen LogP contribution is 2.29. The van der Waals surface area contributed by atoms with Gasteiger partial charge in [0.25, 0.3) is 0 Å². The van der Waals surface area contributed by atoms with Gasteiger partial charge in [-0.3, -0.25) is 0 Å². The first-order valence-corrected chi connectivity index (χ1v) is 7.72. The van der Waals surface area contributed by atoms with Crippen molar-refractivity contribution in [2.45, 2.75) is 38.1 Å². The second-order valence-corrected chi connectivity index (χ2v) is 5.72. The van der Waals surface area contributed by atoms with Crippen LogP contribution in [0.4, 0.5) is 31.8 Å². The fourth-order valence-electron chi connectivity index (χ4n) is 2.76. The summed E-state index contributed by atoms with van der Waals surface area (Å²) in [6, 6.07) is 3.90. The fraction of sp³-hybridized carbons (Fsp3) is 0.375. The highest BCUT2D eigenvalue weighted by molar-refractivity contribution is 5.77. The zero-order chi connectivity index (χ0) is 16.2. The molecule has 1 fully saturated rings. The molecule has 5 nitrogen and oxygen atoms in total. The van der Waals surface area contributed by atoms with Gasteiger partial charge in [-0.15, -0.1) is 0 Å². The number of hydrogen-bond acceptors (Lipinski definition) is 5. The van der Waals surface area contributed by atoms with Crippen LogP contribution in [0.1, 0.15) is 32.1 Å². The lowest BCUT2D eigenvalue weighted by molar-refractivity contribution is 0.462. The Morgan fingerprint density at radius 1 is 1.00 bits per heavy atom. The highest BCUT2D eigenvalue weighted by atomic mass is 19.2. The molecule has 0 bridgehead atoms. The minimum absolute atomic E-state index is 0.358.